The number of halogens is 1. The van der Waals surface area contributed by atoms with Crippen LogP contribution in [0.3, 0.4) is 0 Å². The SMILES string of the molecule is CC[C@@H](CO)NCc1cc(C)ccc1F. The zero-order valence-electron chi connectivity index (χ0n) is 9.26. The summed E-state index contributed by atoms with van der Waals surface area (Å²) < 4.78 is 13.3. The molecular formula is C12H18FNO. The molecule has 0 spiro atoms. The van der Waals surface area contributed by atoms with Gasteiger partial charge in [-0.05, 0) is 19.4 Å². The first kappa shape index (κ1) is 12.1. The van der Waals surface area contributed by atoms with Crippen molar-refractivity contribution < 1.29 is 9.50 Å². The van der Waals surface area contributed by atoms with Crippen LogP contribution in [0.25, 0.3) is 0 Å². The average molecular weight is 211 g/mol. The van der Waals surface area contributed by atoms with Crippen molar-refractivity contribution in [3.8, 4) is 0 Å². The number of rotatable bonds is 5. The molecule has 0 amide bonds. The van der Waals surface area contributed by atoms with Crippen LogP contribution in [0, 0.1) is 12.7 Å². The van der Waals surface area contributed by atoms with Gasteiger partial charge in [0.1, 0.15) is 5.82 Å². The van der Waals surface area contributed by atoms with Crippen LogP contribution < -0.4 is 5.32 Å². The van der Waals surface area contributed by atoms with Crippen LogP contribution in [-0.2, 0) is 6.54 Å². The monoisotopic (exact) mass is 211 g/mol. The van der Waals surface area contributed by atoms with Gasteiger partial charge in [0.15, 0.2) is 0 Å². The van der Waals surface area contributed by atoms with Crippen molar-refractivity contribution in [2.24, 2.45) is 0 Å². The summed E-state index contributed by atoms with van der Waals surface area (Å²) in [6.07, 6.45) is 0.837. The molecule has 0 aliphatic rings. The molecule has 0 aliphatic carbocycles. The summed E-state index contributed by atoms with van der Waals surface area (Å²) >= 11 is 0. The Morgan fingerprint density at radius 2 is 2.20 bits per heavy atom. The van der Waals surface area contributed by atoms with E-state index in [4.69, 9.17) is 5.11 Å². The molecule has 0 aliphatic heterocycles. The fourth-order valence-electron chi connectivity index (χ4n) is 1.43. The first-order valence-corrected chi connectivity index (χ1v) is 5.26. The van der Waals surface area contributed by atoms with Crippen molar-refractivity contribution in [2.45, 2.75) is 32.9 Å². The molecule has 84 valence electrons. The minimum atomic E-state index is -0.194. The van der Waals surface area contributed by atoms with E-state index >= 15 is 0 Å². The summed E-state index contributed by atoms with van der Waals surface area (Å²) in [5, 5.41) is 12.1. The molecule has 3 heteroatoms. The number of hydrogen-bond donors (Lipinski definition) is 2. The van der Waals surface area contributed by atoms with Gasteiger partial charge in [-0.15, -0.1) is 0 Å². The Hall–Kier alpha value is -0.930. The molecule has 0 unspecified atom stereocenters. The van der Waals surface area contributed by atoms with Crippen molar-refractivity contribution in [1.29, 1.82) is 0 Å². The maximum absolute atomic E-state index is 13.3. The molecule has 0 bridgehead atoms. The Kier molecular flexibility index (Phi) is 4.72. The Morgan fingerprint density at radius 3 is 2.80 bits per heavy atom. The number of hydrogen-bond acceptors (Lipinski definition) is 2. The number of benzene rings is 1. The van der Waals surface area contributed by atoms with Gasteiger partial charge in [0.2, 0.25) is 0 Å². The minimum Gasteiger partial charge on any atom is -0.395 e. The van der Waals surface area contributed by atoms with Gasteiger partial charge in [0, 0.05) is 18.2 Å². The topological polar surface area (TPSA) is 32.3 Å². The number of aliphatic hydroxyl groups is 1. The van der Waals surface area contributed by atoms with Gasteiger partial charge in [0.25, 0.3) is 0 Å². The van der Waals surface area contributed by atoms with Crippen molar-refractivity contribution in [3.05, 3.63) is 35.1 Å². The maximum atomic E-state index is 13.3. The summed E-state index contributed by atoms with van der Waals surface area (Å²) in [4.78, 5) is 0. The van der Waals surface area contributed by atoms with Crippen LogP contribution in [0.1, 0.15) is 24.5 Å². The quantitative estimate of drug-likeness (QED) is 0.780. The number of aliphatic hydroxyl groups excluding tert-OH is 1. The van der Waals surface area contributed by atoms with E-state index in [0.29, 0.717) is 12.1 Å². The first-order valence-electron chi connectivity index (χ1n) is 5.26. The average Bonchev–Trinajstić information content (AvgIpc) is 2.24. The largest absolute Gasteiger partial charge is 0.395 e. The second-order valence-electron chi connectivity index (χ2n) is 3.76. The van der Waals surface area contributed by atoms with Crippen molar-refractivity contribution >= 4 is 0 Å². The molecule has 0 fully saturated rings. The molecule has 2 N–H and O–H groups in total. The lowest BCUT2D eigenvalue weighted by Gasteiger charge is -2.14. The van der Waals surface area contributed by atoms with Crippen molar-refractivity contribution in [1.82, 2.24) is 5.32 Å². The Balaban J connectivity index is 2.60. The fourth-order valence-corrected chi connectivity index (χ4v) is 1.43. The Morgan fingerprint density at radius 1 is 1.47 bits per heavy atom. The molecule has 0 saturated heterocycles. The van der Waals surface area contributed by atoms with Crippen LogP contribution in [0.2, 0.25) is 0 Å². The second-order valence-corrected chi connectivity index (χ2v) is 3.76. The smallest absolute Gasteiger partial charge is 0.127 e. The van der Waals surface area contributed by atoms with Crippen molar-refractivity contribution in [2.75, 3.05) is 6.61 Å². The van der Waals surface area contributed by atoms with Crippen LogP contribution in [-0.4, -0.2) is 17.8 Å². The van der Waals surface area contributed by atoms with Crippen LogP contribution >= 0.6 is 0 Å². The zero-order chi connectivity index (χ0) is 11.3. The fraction of sp³-hybridized carbons (Fsp3) is 0.500. The predicted octanol–water partition coefficient (Wildman–Crippen LogP) is 1.99. The molecule has 1 aromatic carbocycles. The molecule has 1 aromatic rings. The van der Waals surface area contributed by atoms with E-state index in [1.165, 1.54) is 6.07 Å². The number of nitrogens with one attached hydrogen (secondary N) is 1. The third-order valence-corrected chi connectivity index (χ3v) is 2.50. The highest BCUT2D eigenvalue weighted by molar-refractivity contribution is 5.23. The summed E-state index contributed by atoms with van der Waals surface area (Å²) in [6.45, 7) is 4.48. The van der Waals surface area contributed by atoms with Gasteiger partial charge in [-0.1, -0.05) is 24.6 Å². The van der Waals surface area contributed by atoms with E-state index < -0.39 is 0 Å². The Labute approximate surface area is 90.1 Å². The van der Waals surface area contributed by atoms with E-state index in [-0.39, 0.29) is 18.5 Å². The highest BCUT2D eigenvalue weighted by atomic mass is 19.1. The molecule has 2 nitrogen and oxygen atoms in total. The minimum absolute atomic E-state index is 0.0462. The third-order valence-electron chi connectivity index (χ3n) is 2.50. The highest BCUT2D eigenvalue weighted by Gasteiger charge is 2.06. The van der Waals surface area contributed by atoms with E-state index in [2.05, 4.69) is 5.32 Å². The molecule has 0 saturated carbocycles. The van der Waals surface area contributed by atoms with Gasteiger partial charge in [0.05, 0.1) is 6.61 Å². The van der Waals surface area contributed by atoms with Crippen LogP contribution in [0.4, 0.5) is 4.39 Å². The van der Waals surface area contributed by atoms with Crippen LogP contribution in [0.15, 0.2) is 18.2 Å². The highest BCUT2D eigenvalue weighted by Crippen LogP contribution is 2.10. The first-order chi connectivity index (χ1) is 7.17. The lowest BCUT2D eigenvalue weighted by atomic mass is 10.1. The Bertz CT molecular complexity index is 310. The third kappa shape index (κ3) is 3.61. The molecule has 1 atom stereocenters. The molecule has 15 heavy (non-hydrogen) atoms. The lowest BCUT2D eigenvalue weighted by Crippen LogP contribution is -2.31. The summed E-state index contributed by atoms with van der Waals surface area (Å²) in [5.74, 6) is -0.194. The lowest BCUT2D eigenvalue weighted by molar-refractivity contribution is 0.238. The zero-order valence-corrected chi connectivity index (χ0v) is 9.26. The van der Waals surface area contributed by atoms with E-state index in [1.807, 2.05) is 19.9 Å². The van der Waals surface area contributed by atoms with Gasteiger partial charge >= 0.3 is 0 Å². The molecule has 0 aromatic heterocycles. The van der Waals surface area contributed by atoms with Gasteiger partial charge in [-0.2, -0.15) is 0 Å². The van der Waals surface area contributed by atoms with Crippen LogP contribution in [0.5, 0.6) is 0 Å². The molecule has 0 radical (unpaired) electrons. The molecule has 1 rings (SSSR count). The standard InChI is InChI=1S/C12H18FNO/c1-3-11(8-15)14-7-10-6-9(2)4-5-12(10)13/h4-6,11,14-15H,3,7-8H2,1-2H3/t11-/m0/s1. The summed E-state index contributed by atoms with van der Waals surface area (Å²) in [7, 11) is 0. The molecule has 0 heterocycles. The van der Waals surface area contributed by atoms with Crippen molar-refractivity contribution in [3.63, 3.8) is 0 Å². The van der Waals surface area contributed by atoms with E-state index in [1.54, 1.807) is 6.07 Å². The van der Waals surface area contributed by atoms with Gasteiger partial charge < -0.3 is 10.4 Å². The normalized spacial score (nSPS) is 12.8. The van der Waals surface area contributed by atoms with E-state index in [9.17, 15) is 4.39 Å². The van der Waals surface area contributed by atoms with Gasteiger partial charge in [-0.3, -0.25) is 0 Å². The summed E-state index contributed by atoms with van der Waals surface area (Å²) in [6, 6.07) is 5.10. The predicted molar refractivity (Wildman–Crippen MR) is 59.1 cm³/mol. The molecular weight excluding hydrogens is 193 g/mol. The maximum Gasteiger partial charge on any atom is 0.127 e. The van der Waals surface area contributed by atoms with E-state index in [0.717, 1.165) is 12.0 Å². The van der Waals surface area contributed by atoms with Gasteiger partial charge in [-0.25, -0.2) is 4.39 Å². The number of aryl methyl sites for hydroxylation is 1. The second kappa shape index (κ2) is 5.83. The summed E-state index contributed by atoms with van der Waals surface area (Å²) in [5.41, 5.74) is 1.70.